The topological polar surface area (TPSA) is 82.3 Å². The largest absolute Gasteiger partial charge is 0.465 e. The highest BCUT2D eigenvalue weighted by Crippen LogP contribution is 2.38. The minimum atomic E-state index is -1.10. The molecule has 0 aromatic carbocycles. The van der Waals surface area contributed by atoms with Crippen molar-refractivity contribution in [3.8, 4) is 0 Å². The second-order valence-corrected chi connectivity index (χ2v) is 4.91. The normalized spacial score (nSPS) is 23.4. The lowest BCUT2D eigenvalue weighted by atomic mass is 9.70. The predicted molar refractivity (Wildman–Crippen MR) is 65.3 cm³/mol. The Morgan fingerprint density at radius 2 is 2.21 bits per heavy atom. The summed E-state index contributed by atoms with van der Waals surface area (Å²) < 4.78 is 9.75. The minimum absolute atomic E-state index is 0.0559. The van der Waals surface area contributed by atoms with Gasteiger partial charge in [0.15, 0.2) is 5.78 Å². The van der Waals surface area contributed by atoms with Crippen LogP contribution in [0, 0.1) is 12.3 Å². The lowest BCUT2D eigenvalue weighted by Gasteiger charge is -2.32. The maximum absolute atomic E-state index is 12.3. The van der Waals surface area contributed by atoms with Crippen molar-refractivity contribution in [1.29, 1.82) is 0 Å². The number of hydrogen-bond donors (Lipinski definition) is 0. The molecule has 1 unspecified atom stereocenters. The Morgan fingerprint density at radius 1 is 1.42 bits per heavy atom. The number of aryl methyl sites for hydroxylation is 1. The van der Waals surface area contributed by atoms with E-state index in [-0.39, 0.29) is 18.8 Å². The highest BCUT2D eigenvalue weighted by molar-refractivity contribution is 6.04. The Balaban J connectivity index is 2.31. The highest BCUT2D eigenvalue weighted by atomic mass is 16.6. The molecule has 1 aromatic rings. The molecule has 0 N–H and O–H groups in total. The van der Waals surface area contributed by atoms with Gasteiger partial charge in [0.05, 0.1) is 6.61 Å². The number of ketones is 1. The molecule has 1 saturated carbocycles. The number of ether oxygens (including phenoxy) is 1. The number of rotatable bonds is 4. The van der Waals surface area contributed by atoms with E-state index >= 15 is 0 Å². The van der Waals surface area contributed by atoms with Gasteiger partial charge in [0.25, 0.3) is 0 Å². The molecule has 6 nitrogen and oxygen atoms in total. The molecule has 1 atom stereocenters. The molecule has 0 amide bonds. The third-order valence-electron chi connectivity index (χ3n) is 3.67. The zero-order chi connectivity index (χ0) is 13.9. The first kappa shape index (κ1) is 13.7. The van der Waals surface area contributed by atoms with Crippen molar-refractivity contribution in [2.24, 2.45) is 5.41 Å². The summed E-state index contributed by atoms with van der Waals surface area (Å²) in [7, 11) is 0. The zero-order valence-corrected chi connectivity index (χ0v) is 11.3. The van der Waals surface area contributed by atoms with Crippen LogP contribution in [0.5, 0.6) is 0 Å². The van der Waals surface area contributed by atoms with E-state index in [1.165, 1.54) is 0 Å². The van der Waals surface area contributed by atoms with Gasteiger partial charge in [-0.15, -0.1) is 0 Å². The van der Waals surface area contributed by atoms with Crippen LogP contribution in [0.3, 0.4) is 0 Å². The van der Waals surface area contributed by atoms with Crippen molar-refractivity contribution >= 4 is 11.8 Å². The fourth-order valence-corrected chi connectivity index (χ4v) is 2.53. The zero-order valence-electron chi connectivity index (χ0n) is 11.3. The van der Waals surface area contributed by atoms with Gasteiger partial charge in [0, 0.05) is 12.8 Å². The van der Waals surface area contributed by atoms with Crippen LogP contribution in [0.25, 0.3) is 0 Å². The van der Waals surface area contributed by atoms with Gasteiger partial charge in [-0.1, -0.05) is 16.7 Å². The lowest BCUT2D eigenvalue weighted by molar-refractivity contribution is -0.162. The molecule has 6 heteroatoms. The minimum Gasteiger partial charge on any atom is -0.465 e. The molecule has 0 bridgehead atoms. The Labute approximate surface area is 111 Å². The average Bonchev–Trinajstić information content (AvgIpc) is 2.78. The molecule has 1 heterocycles. The summed E-state index contributed by atoms with van der Waals surface area (Å²) in [4.78, 5) is 24.5. The standard InChI is InChI=1S/C13H18N2O4/c1-3-18-12(17)13(7-5-4-6-11(13)16)8-10-9(2)14-19-15-10/h3-8H2,1-2H3. The van der Waals surface area contributed by atoms with Crippen molar-refractivity contribution in [1.82, 2.24) is 10.3 Å². The van der Waals surface area contributed by atoms with Gasteiger partial charge in [0.2, 0.25) is 0 Å². The van der Waals surface area contributed by atoms with Gasteiger partial charge in [-0.2, -0.15) is 0 Å². The maximum Gasteiger partial charge on any atom is 0.320 e. The lowest BCUT2D eigenvalue weighted by Crippen LogP contribution is -2.45. The predicted octanol–water partition coefficient (Wildman–Crippen LogP) is 1.61. The molecule has 0 aliphatic heterocycles. The molecular weight excluding hydrogens is 248 g/mol. The summed E-state index contributed by atoms with van der Waals surface area (Å²) in [6.07, 6.45) is 2.82. The van der Waals surface area contributed by atoms with E-state index in [9.17, 15) is 9.59 Å². The van der Waals surface area contributed by atoms with Crippen LogP contribution < -0.4 is 0 Å². The smallest absolute Gasteiger partial charge is 0.320 e. The van der Waals surface area contributed by atoms with E-state index in [1.54, 1.807) is 13.8 Å². The SMILES string of the molecule is CCOC(=O)C1(Cc2nonc2C)CCCCC1=O. The van der Waals surface area contributed by atoms with Gasteiger partial charge < -0.3 is 4.74 Å². The number of Topliss-reactive ketones (excluding diaryl/α,β-unsaturated/α-hetero) is 1. The Kier molecular flexibility index (Phi) is 3.97. The van der Waals surface area contributed by atoms with Crippen molar-refractivity contribution in [2.75, 3.05) is 6.61 Å². The molecule has 1 fully saturated rings. The van der Waals surface area contributed by atoms with Crippen molar-refractivity contribution in [3.05, 3.63) is 11.4 Å². The summed E-state index contributed by atoms with van der Waals surface area (Å²) in [5, 5.41) is 7.48. The average molecular weight is 266 g/mol. The van der Waals surface area contributed by atoms with E-state index in [2.05, 4.69) is 14.9 Å². The molecule has 0 radical (unpaired) electrons. The first-order valence-electron chi connectivity index (χ1n) is 6.58. The van der Waals surface area contributed by atoms with Crippen molar-refractivity contribution in [2.45, 2.75) is 46.0 Å². The van der Waals surface area contributed by atoms with E-state index < -0.39 is 11.4 Å². The van der Waals surface area contributed by atoms with Gasteiger partial charge in [-0.05, 0) is 26.7 Å². The first-order valence-corrected chi connectivity index (χ1v) is 6.58. The molecule has 1 aliphatic rings. The maximum atomic E-state index is 12.3. The van der Waals surface area contributed by atoms with E-state index in [0.717, 1.165) is 12.8 Å². The van der Waals surface area contributed by atoms with E-state index in [0.29, 0.717) is 24.2 Å². The summed E-state index contributed by atoms with van der Waals surface area (Å²) in [6.45, 7) is 3.75. The number of nitrogens with zero attached hydrogens (tertiary/aromatic N) is 2. The summed E-state index contributed by atoms with van der Waals surface area (Å²) in [6, 6.07) is 0. The second kappa shape index (κ2) is 5.50. The summed E-state index contributed by atoms with van der Waals surface area (Å²) >= 11 is 0. The van der Waals surface area contributed by atoms with Crippen LogP contribution in [0.1, 0.15) is 44.0 Å². The van der Waals surface area contributed by atoms with Crippen molar-refractivity contribution in [3.63, 3.8) is 0 Å². The van der Waals surface area contributed by atoms with Gasteiger partial charge in [0.1, 0.15) is 16.8 Å². The number of hydrogen-bond acceptors (Lipinski definition) is 6. The number of esters is 1. The van der Waals surface area contributed by atoms with Crippen LogP contribution in [-0.4, -0.2) is 28.7 Å². The molecule has 0 spiro atoms. The fraction of sp³-hybridized carbons (Fsp3) is 0.692. The molecule has 2 rings (SSSR count). The third kappa shape index (κ3) is 2.52. The van der Waals surface area contributed by atoms with Gasteiger partial charge in [-0.25, -0.2) is 4.63 Å². The molecule has 1 aliphatic carbocycles. The number of aromatic nitrogens is 2. The second-order valence-electron chi connectivity index (χ2n) is 4.91. The molecule has 19 heavy (non-hydrogen) atoms. The quantitative estimate of drug-likeness (QED) is 0.608. The molecular formula is C13H18N2O4. The Morgan fingerprint density at radius 3 is 2.79 bits per heavy atom. The fourth-order valence-electron chi connectivity index (χ4n) is 2.53. The Hall–Kier alpha value is -1.72. The molecule has 0 saturated heterocycles. The monoisotopic (exact) mass is 266 g/mol. The van der Waals surface area contributed by atoms with Crippen LogP contribution in [0.2, 0.25) is 0 Å². The van der Waals surface area contributed by atoms with Crippen LogP contribution in [0.4, 0.5) is 0 Å². The number of carbonyl (C=O) groups excluding carboxylic acids is 2. The van der Waals surface area contributed by atoms with Crippen LogP contribution >= 0.6 is 0 Å². The van der Waals surface area contributed by atoms with Crippen LogP contribution in [0.15, 0.2) is 4.63 Å². The first-order chi connectivity index (χ1) is 9.10. The van der Waals surface area contributed by atoms with Crippen LogP contribution in [-0.2, 0) is 20.7 Å². The Bertz CT molecular complexity index is 483. The molecule has 104 valence electrons. The van der Waals surface area contributed by atoms with E-state index in [4.69, 9.17) is 4.74 Å². The van der Waals surface area contributed by atoms with Gasteiger partial charge in [-0.3, -0.25) is 9.59 Å². The third-order valence-corrected chi connectivity index (χ3v) is 3.67. The summed E-state index contributed by atoms with van der Waals surface area (Å²) in [5.74, 6) is -0.498. The highest BCUT2D eigenvalue weighted by Gasteiger charge is 2.48. The number of carbonyl (C=O) groups is 2. The molecule has 1 aromatic heterocycles. The van der Waals surface area contributed by atoms with E-state index in [1.807, 2.05) is 0 Å². The summed E-state index contributed by atoms with van der Waals surface area (Å²) in [5.41, 5.74) is 0.0720. The van der Waals surface area contributed by atoms with Crippen molar-refractivity contribution < 1.29 is 19.0 Å². The van der Waals surface area contributed by atoms with Gasteiger partial charge >= 0.3 is 5.97 Å².